The summed E-state index contributed by atoms with van der Waals surface area (Å²) < 4.78 is 12.3. The highest BCUT2D eigenvalue weighted by molar-refractivity contribution is 5.70. The summed E-state index contributed by atoms with van der Waals surface area (Å²) in [6, 6.07) is 16.3. The Morgan fingerprint density at radius 1 is 0.731 bits per heavy atom. The second kappa shape index (κ2) is 10.0. The highest BCUT2D eigenvalue weighted by atomic mass is 16.5. The smallest absolute Gasteiger partial charge is 0.137 e. The molecule has 0 N–H and O–H groups in total. The molecule has 0 aliphatic heterocycles. The van der Waals surface area contributed by atoms with Crippen LogP contribution in [0.25, 0.3) is 12.2 Å². The van der Waals surface area contributed by atoms with Gasteiger partial charge in [0, 0.05) is 0 Å². The van der Waals surface area contributed by atoms with E-state index in [9.17, 15) is 0 Å². The first-order valence-electron chi connectivity index (χ1n) is 9.54. The topological polar surface area (TPSA) is 18.5 Å². The van der Waals surface area contributed by atoms with Crippen molar-refractivity contribution in [3.63, 3.8) is 0 Å². The predicted octanol–water partition coefficient (Wildman–Crippen LogP) is 5.12. The average molecular weight is 355 g/mol. The highest BCUT2D eigenvalue weighted by Crippen LogP contribution is 2.17. The van der Waals surface area contributed by atoms with Gasteiger partial charge in [0.15, 0.2) is 0 Å². The van der Waals surface area contributed by atoms with E-state index in [2.05, 4.69) is 45.1 Å². The van der Waals surface area contributed by atoms with Crippen LogP contribution in [0.1, 0.15) is 31.9 Å². The lowest BCUT2D eigenvalue weighted by Gasteiger charge is -2.35. The minimum Gasteiger partial charge on any atom is -0.497 e. The van der Waals surface area contributed by atoms with Crippen molar-refractivity contribution < 1.29 is 14.0 Å². The summed E-state index contributed by atoms with van der Waals surface area (Å²) in [6.45, 7) is 12.1. The maximum atomic E-state index is 5.96. The molecular weight excluding hydrogens is 322 g/mol. The number of rotatable bonds is 10. The van der Waals surface area contributed by atoms with Crippen LogP contribution in [0.2, 0.25) is 0 Å². The molecule has 2 aromatic rings. The van der Waals surface area contributed by atoms with E-state index in [0.29, 0.717) is 0 Å². The molecule has 0 amide bonds. The van der Waals surface area contributed by atoms with Crippen molar-refractivity contribution in [3.05, 3.63) is 59.7 Å². The Bertz CT molecular complexity index is 662. The molecule has 3 heteroatoms. The van der Waals surface area contributed by atoms with Crippen LogP contribution in [-0.4, -0.2) is 44.4 Å². The van der Waals surface area contributed by atoms with Crippen molar-refractivity contribution in [3.8, 4) is 11.5 Å². The van der Waals surface area contributed by atoms with Crippen molar-refractivity contribution >= 4 is 12.2 Å². The van der Waals surface area contributed by atoms with Crippen LogP contribution in [0.15, 0.2) is 48.5 Å². The first-order valence-corrected chi connectivity index (χ1v) is 9.54. The second-order valence-electron chi connectivity index (χ2n) is 6.54. The number of likely N-dealkylation sites (N-methyl/N-ethyl adjacent to an activating group) is 1. The molecule has 0 aromatic heterocycles. The largest absolute Gasteiger partial charge is 0.497 e. The Hall–Kier alpha value is -2.26. The van der Waals surface area contributed by atoms with Crippen molar-refractivity contribution in [2.75, 3.05) is 39.9 Å². The van der Waals surface area contributed by atoms with Gasteiger partial charge in [0.05, 0.1) is 26.7 Å². The molecule has 0 radical (unpaired) electrons. The molecule has 140 valence electrons. The lowest BCUT2D eigenvalue weighted by Crippen LogP contribution is -2.49. The zero-order chi connectivity index (χ0) is 18.8. The van der Waals surface area contributed by atoms with Crippen LogP contribution < -0.4 is 9.47 Å². The molecule has 0 atom stereocenters. The molecular formula is C23H32NO2+. The molecule has 2 aromatic carbocycles. The van der Waals surface area contributed by atoms with E-state index in [1.165, 1.54) is 0 Å². The van der Waals surface area contributed by atoms with Crippen LogP contribution in [0.5, 0.6) is 11.5 Å². The van der Waals surface area contributed by atoms with Gasteiger partial charge in [-0.2, -0.15) is 0 Å². The molecule has 0 bridgehead atoms. The lowest BCUT2D eigenvalue weighted by molar-refractivity contribution is -0.923. The SMILES string of the molecule is CC[N+](CC)(CC)CCOc1ccc(/C=C/c2ccc(OC)cc2)cc1. The van der Waals surface area contributed by atoms with E-state index in [1.54, 1.807) is 7.11 Å². The summed E-state index contributed by atoms with van der Waals surface area (Å²) >= 11 is 0. The van der Waals surface area contributed by atoms with Gasteiger partial charge in [-0.05, 0) is 56.2 Å². The van der Waals surface area contributed by atoms with E-state index in [4.69, 9.17) is 9.47 Å². The van der Waals surface area contributed by atoms with Gasteiger partial charge in [-0.3, -0.25) is 0 Å². The van der Waals surface area contributed by atoms with E-state index < -0.39 is 0 Å². The Balaban J connectivity index is 1.88. The minimum atomic E-state index is 0.760. The number of benzene rings is 2. The third-order valence-electron chi connectivity index (χ3n) is 5.31. The van der Waals surface area contributed by atoms with Gasteiger partial charge in [-0.1, -0.05) is 36.4 Å². The molecule has 26 heavy (non-hydrogen) atoms. The molecule has 0 heterocycles. The minimum absolute atomic E-state index is 0.760. The van der Waals surface area contributed by atoms with Crippen LogP contribution in [0.3, 0.4) is 0 Å². The number of ether oxygens (including phenoxy) is 2. The summed E-state index contributed by atoms with van der Waals surface area (Å²) in [6.07, 6.45) is 4.21. The monoisotopic (exact) mass is 354 g/mol. The first-order chi connectivity index (χ1) is 12.6. The molecule has 0 fully saturated rings. The number of quaternary nitrogens is 1. The summed E-state index contributed by atoms with van der Waals surface area (Å²) in [4.78, 5) is 0. The van der Waals surface area contributed by atoms with Gasteiger partial charge >= 0.3 is 0 Å². The van der Waals surface area contributed by atoms with Gasteiger partial charge in [0.25, 0.3) is 0 Å². The third-order valence-corrected chi connectivity index (χ3v) is 5.31. The molecule has 0 saturated carbocycles. The fourth-order valence-corrected chi connectivity index (χ4v) is 3.08. The van der Waals surface area contributed by atoms with Crippen molar-refractivity contribution in [1.82, 2.24) is 0 Å². The molecule has 0 unspecified atom stereocenters. The van der Waals surface area contributed by atoms with Gasteiger partial charge in [0.2, 0.25) is 0 Å². The predicted molar refractivity (Wildman–Crippen MR) is 111 cm³/mol. The molecule has 3 nitrogen and oxygen atoms in total. The summed E-state index contributed by atoms with van der Waals surface area (Å²) in [5.74, 6) is 1.81. The van der Waals surface area contributed by atoms with Crippen LogP contribution in [-0.2, 0) is 0 Å². The first kappa shape index (κ1) is 20.1. The van der Waals surface area contributed by atoms with Crippen LogP contribution in [0, 0.1) is 0 Å². The van der Waals surface area contributed by atoms with E-state index in [-0.39, 0.29) is 0 Å². The summed E-state index contributed by atoms with van der Waals surface area (Å²) in [5, 5.41) is 0. The van der Waals surface area contributed by atoms with E-state index in [1.807, 2.05) is 36.4 Å². The van der Waals surface area contributed by atoms with E-state index >= 15 is 0 Å². The van der Waals surface area contributed by atoms with Gasteiger partial charge in [-0.25, -0.2) is 0 Å². The fourth-order valence-electron chi connectivity index (χ4n) is 3.08. The maximum absolute atomic E-state index is 5.96. The van der Waals surface area contributed by atoms with Gasteiger partial charge in [0.1, 0.15) is 24.7 Å². The Morgan fingerprint density at radius 3 is 1.62 bits per heavy atom. The summed E-state index contributed by atoms with van der Waals surface area (Å²) in [7, 11) is 1.68. The van der Waals surface area contributed by atoms with E-state index in [0.717, 1.165) is 59.9 Å². The number of hydrogen-bond donors (Lipinski definition) is 0. The second-order valence-corrected chi connectivity index (χ2v) is 6.54. The zero-order valence-electron chi connectivity index (χ0n) is 16.6. The number of nitrogens with zero attached hydrogens (tertiary/aromatic N) is 1. The number of hydrogen-bond acceptors (Lipinski definition) is 2. The quantitative estimate of drug-likeness (QED) is 0.435. The fraction of sp³-hybridized carbons (Fsp3) is 0.391. The van der Waals surface area contributed by atoms with Crippen molar-refractivity contribution in [1.29, 1.82) is 0 Å². The normalized spacial score (nSPS) is 11.7. The summed E-state index contributed by atoms with van der Waals surface area (Å²) in [5.41, 5.74) is 2.31. The van der Waals surface area contributed by atoms with Crippen molar-refractivity contribution in [2.24, 2.45) is 0 Å². The van der Waals surface area contributed by atoms with Crippen LogP contribution in [0.4, 0.5) is 0 Å². The lowest BCUT2D eigenvalue weighted by atomic mass is 10.1. The van der Waals surface area contributed by atoms with Crippen LogP contribution >= 0.6 is 0 Å². The molecule has 2 rings (SSSR count). The third kappa shape index (κ3) is 5.63. The Kier molecular flexibility index (Phi) is 7.73. The highest BCUT2D eigenvalue weighted by Gasteiger charge is 2.20. The standard InChI is InChI=1S/C23H32NO2/c1-5-24(6-2,7-3)18-19-26-23-16-12-21(13-17-23)9-8-20-10-14-22(25-4)15-11-20/h8-17H,5-7,18-19H2,1-4H3/q+1/b9-8+. The number of methoxy groups -OCH3 is 1. The molecule has 0 aliphatic rings. The molecule has 0 spiro atoms. The zero-order valence-corrected chi connectivity index (χ0v) is 16.6. The van der Waals surface area contributed by atoms with Gasteiger partial charge in [-0.15, -0.1) is 0 Å². The average Bonchev–Trinajstić information content (AvgIpc) is 2.71. The van der Waals surface area contributed by atoms with Crippen molar-refractivity contribution in [2.45, 2.75) is 20.8 Å². The Morgan fingerprint density at radius 2 is 1.19 bits per heavy atom. The molecule has 0 saturated heterocycles. The molecule has 0 aliphatic carbocycles. The maximum Gasteiger partial charge on any atom is 0.137 e. The Labute approximate surface area is 158 Å². The van der Waals surface area contributed by atoms with Gasteiger partial charge < -0.3 is 14.0 Å².